The Balaban J connectivity index is 1.57. The Labute approximate surface area is 149 Å². The quantitative estimate of drug-likeness (QED) is 0.869. The first-order chi connectivity index (χ1) is 12.0. The maximum absolute atomic E-state index is 10.5. The number of phenols is 1. The topological polar surface area (TPSA) is 58.7 Å². The summed E-state index contributed by atoms with van der Waals surface area (Å²) in [6.07, 6.45) is 7.27. The summed E-state index contributed by atoms with van der Waals surface area (Å²) in [6.45, 7) is 4.92. The van der Waals surface area contributed by atoms with Crippen LogP contribution in [0.3, 0.4) is 0 Å². The molecular weight excluding hydrogens is 312 g/mol. The summed E-state index contributed by atoms with van der Waals surface area (Å²) in [5, 5.41) is 10.5. The highest BCUT2D eigenvalue weighted by atomic mass is 16.5. The van der Waals surface area contributed by atoms with Gasteiger partial charge in [0.15, 0.2) is 11.5 Å². The van der Waals surface area contributed by atoms with E-state index < -0.39 is 0 Å². The van der Waals surface area contributed by atoms with Crippen molar-refractivity contribution in [2.75, 3.05) is 13.1 Å². The van der Waals surface area contributed by atoms with Gasteiger partial charge in [0.2, 0.25) is 0 Å². The molecule has 1 aromatic rings. The Bertz CT molecular complexity index is 761. The Morgan fingerprint density at radius 2 is 2.12 bits per heavy atom. The van der Waals surface area contributed by atoms with Crippen molar-refractivity contribution in [3.63, 3.8) is 0 Å². The van der Waals surface area contributed by atoms with E-state index in [9.17, 15) is 5.11 Å². The molecule has 5 atom stereocenters. The number of hydrogen-bond donors (Lipinski definition) is 2. The SMILES string of the molecule is C[C@@]12CC[C@H](N)[C@@H]3Oc4c(O)ccc5c4[C@@]31CCN(CC1CC1)C2C5. The second-order valence-corrected chi connectivity index (χ2v) is 9.49. The number of nitrogens with two attached hydrogens (primary N) is 1. The number of nitrogens with zero attached hydrogens (tertiary/aromatic N) is 1. The van der Waals surface area contributed by atoms with Crippen molar-refractivity contribution in [2.45, 2.75) is 69.1 Å². The second-order valence-electron chi connectivity index (χ2n) is 9.49. The molecule has 5 aliphatic rings. The van der Waals surface area contributed by atoms with E-state index in [1.165, 1.54) is 36.9 Å². The number of rotatable bonds is 2. The van der Waals surface area contributed by atoms with Gasteiger partial charge in [-0.2, -0.15) is 0 Å². The van der Waals surface area contributed by atoms with Crippen LogP contribution in [0.25, 0.3) is 0 Å². The average molecular weight is 340 g/mol. The Hall–Kier alpha value is -1.26. The van der Waals surface area contributed by atoms with Crippen LogP contribution in [0.15, 0.2) is 12.1 Å². The fourth-order valence-corrected chi connectivity index (χ4v) is 6.97. The van der Waals surface area contributed by atoms with E-state index in [0.717, 1.165) is 37.5 Å². The van der Waals surface area contributed by atoms with Crippen molar-refractivity contribution in [3.05, 3.63) is 23.3 Å². The van der Waals surface area contributed by atoms with Crippen molar-refractivity contribution >= 4 is 0 Å². The van der Waals surface area contributed by atoms with Gasteiger partial charge in [0.05, 0.1) is 0 Å². The monoisotopic (exact) mass is 340 g/mol. The molecule has 1 unspecified atom stereocenters. The third-order valence-electron chi connectivity index (χ3n) is 8.38. The largest absolute Gasteiger partial charge is 0.504 e. The zero-order valence-electron chi connectivity index (χ0n) is 15.0. The molecular formula is C21H28N2O2. The van der Waals surface area contributed by atoms with E-state index in [2.05, 4.69) is 17.9 Å². The summed E-state index contributed by atoms with van der Waals surface area (Å²) in [5.41, 5.74) is 9.49. The van der Waals surface area contributed by atoms with Gasteiger partial charge in [0, 0.05) is 29.6 Å². The van der Waals surface area contributed by atoms with E-state index in [1.807, 2.05) is 6.07 Å². The molecule has 0 radical (unpaired) electrons. The summed E-state index contributed by atoms with van der Waals surface area (Å²) in [4.78, 5) is 2.80. The molecule has 0 amide bonds. The molecule has 3 N–H and O–H groups in total. The van der Waals surface area contributed by atoms with Crippen LogP contribution in [0.1, 0.15) is 50.2 Å². The van der Waals surface area contributed by atoms with Crippen LogP contribution in [-0.2, 0) is 11.8 Å². The number of ether oxygens (including phenoxy) is 1. The molecule has 3 aliphatic carbocycles. The summed E-state index contributed by atoms with van der Waals surface area (Å²) >= 11 is 0. The normalized spacial score (nSPS) is 44.3. The third kappa shape index (κ3) is 1.62. The number of likely N-dealkylation sites (tertiary alicyclic amines) is 1. The highest BCUT2D eigenvalue weighted by Gasteiger charge is 2.70. The van der Waals surface area contributed by atoms with Gasteiger partial charge in [-0.1, -0.05) is 13.0 Å². The minimum Gasteiger partial charge on any atom is -0.504 e. The van der Waals surface area contributed by atoms with Gasteiger partial charge in [0.25, 0.3) is 0 Å². The standard InChI is InChI=1S/C21H28N2O2/c1-20-7-6-14(22)19-21(20)8-9-23(11-12-2-3-12)16(20)10-13-4-5-15(24)18(25-19)17(13)21/h4-5,12,14,16,19,24H,2-3,6-11,22H2,1H3/t14-,16?,19-,20-,21-/m0/s1. The molecule has 4 nitrogen and oxygen atoms in total. The lowest BCUT2D eigenvalue weighted by Gasteiger charge is -2.65. The van der Waals surface area contributed by atoms with Crippen molar-refractivity contribution in [1.82, 2.24) is 4.90 Å². The molecule has 2 bridgehead atoms. The smallest absolute Gasteiger partial charge is 0.165 e. The van der Waals surface area contributed by atoms with E-state index >= 15 is 0 Å². The van der Waals surface area contributed by atoms with Gasteiger partial charge < -0.3 is 15.6 Å². The fraction of sp³-hybridized carbons (Fsp3) is 0.714. The average Bonchev–Trinajstić information content (AvgIpc) is 3.32. The molecule has 3 fully saturated rings. The second kappa shape index (κ2) is 4.52. The fourth-order valence-electron chi connectivity index (χ4n) is 6.97. The number of benzene rings is 1. The molecule has 6 rings (SSSR count). The molecule has 134 valence electrons. The van der Waals surface area contributed by atoms with Gasteiger partial charge in [-0.05, 0) is 68.0 Å². The minimum absolute atomic E-state index is 0.00294. The van der Waals surface area contributed by atoms with Crippen molar-refractivity contribution in [2.24, 2.45) is 17.1 Å². The number of piperidine rings is 1. The molecule has 2 heterocycles. The molecule has 2 saturated carbocycles. The van der Waals surface area contributed by atoms with Crippen molar-refractivity contribution < 1.29 is 9.84 Å². The van der Waals surface area contributed by atoms with Gasteiger partial charge in [0.1, 0.15) is 6.10 Å². The first-order valence-corrected chi connectivity index (χ1v) is 10.1. The van der Waals surface area contributed by atoms with E-state index in [4.69, 9.17) is 10.5 Å². The molecule has 1 saturated heterocycles. The lowest BCUT2D eigenvalue weighted by molar-refractivity contribution is -0.121. The predicted octanol–water partition coefficient (Wildman–Crippen LogP) is 2.56. The summed E-state index contributed by atoms with van der Waals surface area (Å²) < 4.78 is 6.42. The molecule has 2 aliphatic heterocycles. The maximum atomic E-state index is 10.5. The number of phenolic OH excluding ortho intramolecular Hbond substituents is 1. The first-order valence-electron chi connectivity index (χ1n) is 10.1. The summed E-state index contributed by atoms with van der Waals surface area (Å²) in [6, 6.07) is 4.64. The third-order valence-corrected chi connectivity index (χ3v) is 8.38. The van der Waals surface area contributed by atoms with Gasteiger partial charge in [-0.25, -0.2) is 0 Å². The predicted molar refractivity (Wildman–Crippen MR) is 95.9 cm³/mol. The molecule has 25 heavy (non-hydrogen) atoms. The molecule has 0 aromatic heterocycles. The van der Waals surface area contributed by atoms with Gasteiger partial charge in [-0.3, -0.25) is 4.90 Å². The lowest BCUT2D eigenvalue weighted by atomic mass is 9.43. The first kappa shape index (κ1) is 14.9. The minimum atomic E-state index is -0.00294. The van der Waals surface area contributed by atoms with Crippen LogP contribution in [0.4, 0.5) is 0 Å². The number of aromatic hydroxyl groups is 1. The van der Waals surface area contributed by atoms with E-state index in [-0.39, 0.29) is 23.0 Å². The molecule has 1 aromatic carbocycles. The van der Waals surface area contributed by atoms with Crippen molar-refractivity contribution in [3.8, 4) is 11.5 Å². The number of hydrogen-bond acceptors (Lipinski definition) is 4. The molecule has 1 spiro atoms. The summed E-state index contributed by atoms with van der Waals surface area (Å²) in [7, 11) is 0. The Kier molecular flexibility index (Phi) is 2.69. The van der Waals surface area contributed by atoms with Gasteiger partial charge in [-0.15, -0.1) is 0 Å². The van der Waals surface area contributed by atoms with E-state index in [1.54, 1.807) is 0 Å². The van der Waals surface area contributed by atoms with Crippen LogP contribution < -0.4 is 10.5 Å². The van der Waals surface area contributed by atoms with Crippen LogP contribution in [0.5, 0.6) is 11.5 Å². The Morgan fingerprint density at radius 1 is 1.28 bits per heavy atom. The van der Waals surface area contributed by atoms with Crippen LogP contribution in [0.2, 0.25) is 0 Å². The molecule has 4 heteroatoms. The lowest BCUT2D eigenvalue weighted by Crippen LogP contribution is -2.73. The zero-order valence-corrected chi connectivity index (χ0v) is 15.0. The Morgan fingerprint density at radius 3 is 2.92 bits per heavy atom. The van der Waals surface area contributed by atoms with Crippen LogP contribution in [0, 0.1) is 11.3 Å². The summed E-state index contributed by atoms with van der Waals surface area (Å²) in [5.74, 6) is 1.98. The van der Waals surface area contributed by atoms with Gasteiger partial charge >= 0.3 is 0 Å². The van der Waals surface area contributed by atoms with Crippen molar-refractivity contribution in [1.29, 1.82) is 0 Å². The highest BCUT2D eigenvalue weighted by molar-refractivity contribution is 5.61. The highest BCUT2D eigenvalue weighted by Crippen LogP contribution is 2.68. The van der Waals surface area contributed by atoms with Crippen LogP contribution >= 0.6 is 0 Å². The van der Waals surface area contributed by atoms with Crippen LogP contribution in [-0.4, -0.2) is 41.3 Å². The zero-order chi connectivity index (χ0) is 17.0. The maximum Gasteiger partial charge on any atom is 0.165 e. The van der Waals surface area contributed by atoms with E-state index in [0.29, 0.717) is 11.8 Å².